The number of nitrogens with zero attached hydrogens (tertiary/aromatic N) is 1. The van der Waals surface area contributed by atoms with Gasteiger partial charge in [0.15, 0.2) is 6.23 Å². The quantitative estimate of drug-likeness (QED) is 0.165. The Morgan fingerprint density at radius 3 is 2.31 bits per heavy atom. The normalized spacial score (nSPS) is 29.3. The number of aliphatic hydroxyl groups is 2. The standard InChI is InChI=1S/C9H15N2O14P3S/c12-3-4-6(13)7(8(22-4)11-2-1-5(29)10-9(11)14)23-27(18,19)25-28(20,21)24-26(15,16)17/h1-2,4,6-8,12-13H,3H2,(H,18,19)(H,20,21)(H,10,14,29)(H2,15,16,17)/t4-,6-,7-,8-/m1/s1. The number of H-pyrrole nitrogens is 1. The van der Waals surface area contributed by atoms with E-state index in [4.69, 9.17) is 26.7 Å². The maximum absolute atomic E-state index is 12.0. The van der Waals surface area contributed by atoms with E-state index < -0.39 is 60.3 Å². The fourth-order valence-electron chi connectivity index (χ4n) is 2.29. The van der Waals surface area contributed by atoms with Crippen LogP contribution in [0.2, 0.25) is 0 Å². The Balaban J connectivity index is 2.32. The topological polar surface area (TPSA) is 247 Å². The minimum atomic E-state index is -5.80. The van der Waals surface area contributed by atoms with E-state index in [9.17, 15) is 38.5 Å². The molecule has 0 spiro atoms. The van der Waals surface area contributed by atoms with Gasteiger partial charge in [0.1, 0.15) is 23.0 Å². The summed E-state index contributed by atoms with van der Waals surface area (Å²) in [5.41, 5.74) is -0.895. The van der Waals surface area contributed by atoms with Crippen LogP contribution < -0.4 is 5.69 Å². The first kappa shape index (κ1) is 24.7. The second kappa shape index (κ2) is 8.86. The Morgan fingerprint density at radius 1 is 1.17 bits per heavy atom. The number of nitrogens with one attached hydrogen (secondary N) is 1. The van der Waals surface area contributed by atoms with E-state index in [2.05, 4.69) is 18.1 Å². The Morgan fingerprint density at radius 2 is 1.79 bits per heavy atom. The van der Waals surface area contributed by atoms with Crippen LogP contribution in [0.1, 0.15) is 6.23 Å². The minimum Gasteiger partial charge on any atom is -0.394 e. The zero-order valence-corrected chi connectivity index (χ0v) is 17.3. The van der Waals surface area contributed by atoms with Crippen molar-refractivity contribution in [2.24, 2.45) is 0 Å². The summed E-state index contributed by atoms with van der Waals surface area (Å²) in [7, 11) is -17.1. The van der Waals surface area contributed by atoms with Crippen LogP contribution in [-0.2, 0) is 31.6 Å². The van der Waals surface area contributed by atoms with Crippen molar-refractivity contribution in [3.63, 3.8) is 0 Å². The lowest BCUT2D eigenvalue weighted by Crippen LogP contribution is -2.37. The van der Waals surface area contributed by atoms with Gasteiger partial charge >= 0.3 is 29.2 Å². The highest BCUT2D eigenvalue weighted by Crippen LogP contribution is 2.67. The molecule has 1 aliphatic heterocycles. The van der Waals surface area contributed by atoms with Crippen LogP contribution in [0.15, 0.2) is 17.1 Å². The summed E-state index contributed by atoms with van der Waals surface area (Å²) in [5, 5.41) is 19.4. The van der Waals surface area contributed by atoms with Crippen LogP contribution in [0.3, 0.4) is 0 Å². The average molecular weight is 500 g/mol. The Bertz CT molecular complexity index is 1000. The molecule has 2 unspecified atom stereocenters. The molecular weight excluding hydrogens is 485 g/mol. The fraction of sp³-hybridized carbons (Fsp3) is 0.556. The van der Waals surface area contributed by atoms with Gasteiger partial charge in [0.2, 0.25) is 0 Å². The van der Waals surface area contributed by atoms with Crippen LogP contribution in [0.4, 0.5) is 0 Å². The van der Waals surface area contributed by atoms with Crippen molar-refractivity contribution in [1.29, 1.82) is 0 Å². The highest BCUT2D eigenvalue weighted by molar-refractivity contribution is 7.71. The van der Waals surface area contributed by atoms with E-state index in [0.29, 0.717) is 0 Å². The largest absolute Gasteiger partial charge is 0.490 e. The van der Waals surface area contributed by atoms with Gasteiger partial charge in [-0.05, 0) is 6.07 Å². The number of ether oxygens (including phenoxy) is 1. The van der Waals surface area contributed by atoms with Crippen LogP contribution in [0.25, 0.3) is 0 Å². The second-order valence-corrected chi connectivity index (χ2v) is 10.2. The SMILES string of the molecule is O=c1[nH]c(=S)ccn1[C@@H]1O[C@H](CO)[C@@H](O)[C@H]1OP(=O)(O)OP(=O)(O)OP(=O)(O)O. The van der Waals surface area contributed by atoms with Gasteiger partial charge in [0.25, 0.3) is 0 Å². The first-order valence-electron chi connectivity index (χ1n) is 7.22. The van der Waals surface area contributed by atoms with Crippen molar-refractivity contribution in [1.82, 2.24) is 9.55 Å². The molecule has 1 aromatic rings. The Hall–Kier alpha value is -0.610. The smallest absolute Gasteiger partial charge is 0.394 e. The first-order valence-corrected chi connectivity index (χ1v) is 12.2. The molecule has 0 aromatic carbocycles. The molecule has 7 N–H and O–H groups in total. The lowest BCUT2D eigenvalue weighted by molar-refractivity contribution is -0.0543. The monoisotopic (exact) mass is 500 g/mol. The summed E-state index contributed by atoms with van der Waals surface area (Å²) in [4.78, 5) is 50.1. The summed E-state index contributed by atoms with van der Waals surface area (Å²) in [6.45, 7) is -0.814. The predicted molar refractivity (Wildman–Crippen MR) is 91.6 cm³/mol. The molecule has 6 atom stereocenters. The van der Waals surface area contributed by atoms with Crippen molar-refractivity contribution >= 4 is 35.7 Å². The predicted octanol–water partition coefficient (Wildman–Crippen LogP) is -1.13. The van der Waals surface area contributed by atoms with Gasteiger partial charge in [0.05, 0.1) is 6.61 Å². The molecule has 2 heterocycles. The van der Waals surface area contributed by atoms with E-state index >= 15 is 0 Å². The van der Waals surface area contributed by atoms with Gasteiger partial charge in [0, 0.05) is 6.20 Å². The maximum Gasteiger partial charge on any atom is 0.490 e. The molecule has 16 nitrogen and oxygen atoms in total. The molecule has 1 saturated heterocycles. The van der Waals surface area contributed by atoms with E-state index in [-0.39, 0.29) is 4.64 Å². The van der Waals surface area contributed by atoms with Crippen molar-refractivity contribution < 1.29 is 61.4 Å². The highest BCUT2D eigenvalue weighted by atomic mass is 32.1. The van der Waals surface area contributed by atoms with Crippen LogP contribution in [0, 0.1) is 4.64 Å². The van der Waals surface area contributed by atoms with Gasteiger partial charge in [-0.1, -0.05) is 12.2 Å². The molecule has 2 rings (SSSR count). The van der Waals surface area contributed by atoms with E-state index in [1.807, 2.05) is 0 Å². The molecule has 1 fully saturated rings. The third-order valence-electron chi connectivity index (χ3n) is 3.29. The highest BCUT2D eigenvalue weighted by Gasteiger charge is 2.51. The molecule has 0 amide bonds. The number of hydrogen-bond donors (Lipinski definition) is 7. The number of aliphatic hydroxyl groups excluding tert-OH is 2. The summed E-state index contributed by atoms with van der Waals surface area (Å²) in [6.07, 6.45) is -5.75. The summed E-state index contributed by atoms with van der Waals surface area (Å²) >= 11 is 4.75. The van der Waals surface area contributed by atoms with Crippen molar-refractivity contribution in [2.75, 3.05) is 6.61 Å². The minimum absolute atomic E-state index is 0.0212. The molecule has 20 heteroatoms. The van der Waals surface area contributed by atoms with Gasteiger partial charge in [-0.3, -0.25) is 14.1 Å². The molecule has 166 valence electrons. The summed E-state index contributed by atoms with van der Waals surface area (Å²) < 4.78 is 51.8. The van der Waals surface area contributed by atoms with Crippen molar-refractivity contribution in [3.05, 3.63) is 27.4 Å². The molecule has 1 aromatic heterocycles. The Kier molecular flexibility index (Phi) is 7.54. The summed E-state index contributed by atoms with van der Waals surface area (Å²) in [6, 6.07) is 1.22. The van der Waals surface area contributed by atoms with E-state index in [1.165, 1.54) is 6.07 Å². The van der Waals surface area contributed by atoms with Crippen LogP contribution >= 0.6 is 35.7 Å². The number of aromatic nitrogens is 2. The lowest BCUT2D eigenvalue weighted by atomic mass is 10.1. The summed E-state index contributed by atoms with van der Waals surface area (Å²) in [5.74, 6) is 0. The molecular formula is C9H15N2O14P3S. The molecule has 1 aliphatic rings. The van der Waals surface area contributed by atoms with Crippen molar-refractivity contribution in [2.45, 2.75) is 24.5 Å². The molecule has 0 aliphatic carbocycles. The van der Waals surface area contributed by atoms with Crippen LogP contribution in [0.5, 0.6) is 0 Å². The lowest BCUT2D eigenvalue weighted by Gasteiger charge is -2.24. The van der Waals surface area contributed by atoms with Crippen LogP contribution in [-0.4, -0.2) is 64.3 Å². The van der Waals surface area contributed by atoms with Gasteiger partial charge in [-0.2, -0.15) is 8.62 Å². The third kappa shape index (κ3) is 6.69. The number of phosphoric acid groups is 3. The molecule has 0 saturated carbocycles. The van der Waals surface area contributed by atoms with Gasteiger partial charge in [-0.25, -0.2) is 18.5 Å². The number of rotatable bonds is 8. The maximum atomic E-state index is 12.0. The number of phosphoric ester groups is 1. The molecule has 0 bridgehead atoms. The zero-order valence-electron chi connectivity index (χ0n) is 13.8. The van der Waals surface area contributed by atoms with Gasteiger partial charge < -0.3 is 34.5 Å². The molecule has 0 radical (unpaired) electrons. The third-order valence-corrected chi connectivity index (χ3v) is 7.36. The fourth-order valence-corrected chi connectivity index (χ4v) is 5.63. The number of aromatic amines is 1. The number of hydrogen-bond acceptors (Lipinski definition) is 11. The first-order chi connectivity index (χ1) is 13.1. The van der Waals surface area contributed by atoms with Gasteiger partial charge in [-0.15, -0.1) is 0 Å². The average Bonchev–Trinajstić information content (AvgIpc) is 2.79. The van der Waals surface area contributed by atoms with E-state index in [1.54, 1.807) is 0 Å². The molecule has 29 heavy (non-hydrogen) atoms. The van der Waals surface area contributed by atoms with E-state index in [0.717, 1.165) is 10.8 Å². The van der Waals surface area contributed by atoms with Crippen molar-refractivity contribution in [3.8, 4) is 0 Å². The second-order valence-electron chi connectivity index (χ2n) is 5.42. The zero-order chi connectivity index (χ0) is 22.2. The Labute approximate surface area is 165 Å².